The highest BCUT2D eigenvalue weighted by Crippen LogP contribution is 2.23. The third kappa shape index (κ3) is 6.16. The van der Waals surface area contributed by atoms with Gasteiger partial charge < -0.3 is 15.1 Å². The normalized spacial score (nSPS) is 18.0. The molecule has 0 spiro atoms. The second-order valence-electron chi connectivity index (χ2n) is 7.93. The molecule has 0 atom stereocenters. The number of hydrogen-bond donors (Lipinski definition) is 1. The molecule has 2 fully saturated rings. The lowest BCUT2D eigenvalue weighted by Crippen LogP contribution is -2.39. The van der Waals surface area contributed by atoms with E-state index in [1.807, 2.05) is 24.1 Å². The Morgan fingerprint density at radius 3 is 2.32 bits per heavy atom. The Morgan fingerprint density at radius 1 is 1.00 bits per heavy atom. The van der Waals surface area contributed by atoms with Gasteiger partial charge in [0, 0.05) is 37.6 Å². The first-order valence-electron chi connectivity index (χ1n) is 10.6. The van der Waals surface area contributed by atoms with Crippen molar-refractivity contribution in [3.05, 3.63) is 24.3 Å². The molecule has 6 heteroatoms. The molecule has 1 saturated heterocycles. The van der Waals surface area contributed by atoms with E-state index in [9.17, 15) is 9.59 Å². The molecular formula is C22H33N3O2S. The first-order valence-corrected chi connectivity index (χ1v) is 11.8. The summed E-state index contributed by atoms with van der Waals surface area (Å²) in [5.41, 5.74) is 2.04. The van der Waals surface area contributed by atoms with Crippen molar-refractivity contribution in [2.45, 2.75) is 57.4 Å². The van der Waals surface area contributed by atoms with Crippen LogP contribution >= 0.6 is 11.8 Å². The standard InChI is InChI=1S/C22H33N3O2S/c1-24(19-8-4-2-5-9-19)22(27)17-28-16-21(26)23-18-10-12-20(13-11-18)25-14-6-3-7-15-25/h10-13,19H,2-9,14-17H2,1H3,(H,23,26). The summed E-state index contributed by atoms with van der Waals surface area (Å²) < 4.78 is 0. The lowest BCUT2D eigenvalue weighted by molar-refractivity contribution is -0.129. The van der Waals surface area contributed by atoms with Crippen molar-refractivity contribution in [2.24, 2.45) is 0 Å². The minimum atomic E-state index is -0.0520. The van der Waals surface area contributed by atoms with Crippen LogP contribution in [-0.2, 0) is 9.59 Å². The zero-order valence-electron chi connectivity index (χ0n) is 17.0. The minimum absolute atomic E-state index is 0.0520. The van der Waals surface area contributed by atoms with E-state index in [1.165, 1.54) is 56.0 Å². The van der Waals surface area contributed by atoms with E-state index in [0.717, 1.165) is 31.6 Å². The first-order chi connectivity index (χ1) is 13.6. The highest BCUT2D eigenvalue weighted by Gasteiger charge is 2.22. The summed E-state index contributed by atoms with van der Waals surface area (Å²) in [5.74, 6) is 0.756. The molecule has 2 amide bonds. The number of benzene rings is 1. The summed E-state index contributed by atoms with van der Waals surface area (Å²) in [6.07, 6.45) is 9.77. The zero-order chi connectivity index (χ0) is 19.8. The third-order valence-corrected chi connectivity index (χ3v) is 6.76. The average Bonchev–Trinajstić information content (AvgIpc) is 2.75. The van der Waals surface area contributed by atoms with Gasteiger partial charge >= 0.3 is 0 Å². The molecule has 3 rings (SSSR count). The smallest absolute Gasteiger partial charge is 0.234 e. The van der Waals surface area contributed by atoms with E-state index in [4.69, 9.17) is 0 Å². The first kappa shape index (κ1) is 21.0. The van der Waals surface area contributed by atoms with Crippen LogP contribution in [0.25, 0.3) is 0 Å². The predicted molar refractivity (Wildman–Crippen MR) is 118 cm³/mol. The van der Waals surface area contributed by atoms with Crippen molar-refractivity contribution in [3.8, 4) is 0 Å². The number of nitrogens with one attached hydrogen (secondary N) is 1. The molecule has 1 saturated carbocycles. The van der Waals surface area contributed by atoms with Crippen LogP contribution in [0.15, 0.2) is 24.3 Å². The van der Waals surface area contributed by atoms with Gasteiger partial charge in [-0.25, -0.2) is 0 Å². The largest absolute Gasteiger partial charge is 0.372 e. The second-order valence-corrected chi connectivity index (χ2v) is 8.92. The van der Waals surface area contributed by atoms with E-state index in [2.05, 4.69) is 22.3 Å². The minimum Gasteiger partial charge on any atom is -0.372 e. The van der Waals surface area contributed by atoms with Crippen molar-refractivity contribution in [3.63, 3.8) is 0 Å². The second kappa shape index (κ2) is 10.7. The van der Waals surface area contributed by atoms with Crippen molar-refractivity contribution in [1.82, 2.24) is 4.90 Å². The van der Waals surface area contributed by atoms with Gasteiger partial charge in [0.1, 0.15) is 0 Å². The van der Waals surface area contributed by atoms with Crippen LogP contribution in [0.3, 0.4) is 0 Å². The maximum atomic E-state index is 12.3. The molecular weight excluding hydrogens is 370 g/mol. The number of rotatable bonds is 7. The molecule has 1 aromatic rings. The van der Waals surface area contributed by atoms with Crippen LogP contribution in [0.1, 0.15) is 51.4 Å². The van der Waals surface area contributed by atoms with Crippen LogP contribution in [0.4, 0.5) is 11.4 Å². The predicted octanol–water partition coefficient (Wildman–Crippen LogP) is 4.14. The van der Waals surface area contributed by atoms with Crippen LogP contribution in [-0.4, -0.2) is 54.4 Å². The molecule has 5 nitrogen and oxygen atoms in total. The van der Waals surface area contributed by atoms with Gasteiger partial charge in [0.25, 0.3) is 0 Å². The molecule has 1 heterocycles. The Kier molecular flexibility index (Phi) is 8.07. The van der Waals surface area contributed by atoms with Gasteiger partial charge in [-0.15, -0.1) is 11.8 Å². The fourth-order valence-corrected chi connectivity index (χ4v) is 4.85. The molecule has 1 N–H and O–H groups in total. The van der Waals surface area contributed by atoms with E-state index >= 15 is 0 Å². The average molecular weight is 404 g/mol. The Labute approximate surface area is 173 Å². The molecule has 1 aliphatic carbocycles. The van der Waals surface area contributed by atoms with Crippen LogP contribution < -0.4 is 10.2 Å². The van der Waals surface area contributed by atoms with Gasteiger partial charge in [0.2, 0.25) is 11.8 Å². The summed E-state index contributed by atoms with van der Waals surface area (Å²) in [4.78, 5) is 28.8. The molecule has 0 unspecified atom stereocenters. The number of piperidine rings is 1. The molecule has 154 valence electrons. The number of hydrogen-bond acceptors (Lipinski definition) is 4. The summed E-state index contributed by atoms with van der Waals surface area (Å²) >= 11 is 1.40. The molecule has 2 aliphatic rings. The quantitative estimate of drug-likeness (QED) is 0.743. The number of nitrogens with zero attached hydrogens (tertiary/aromatic N) is 2. The maximum absolute atomic E-state index is 12.3. The maximum Gasteiger partial charge on any atom is 0.234 e. The van der Waals surface area contributed by atoms with Gasteiger partial charge in [0.05, 0.1) is 11.5 Å². The van der Waals surface area contributed by atoms with Crippen molar-refractivity contribution >= 4 is 35.0 Å². The van der Waals surface area contributed by atoms with E-state index in [1.54, 1.807) is 0 Å². The van der Waals surface area contributed by atoms with E-state index in [-0.39, 0.29) is 11.8 Å². The molecule has 1 aromatic carbocycles. The molecule has 28 heavy (non-hydrogen) atoms. The van der Waals surface area contributed by atoms with E-state index < -0.39 is 0 Å². The monoisotopic (exact) mass is 403 g/mol. The van der Waals surface area contributed by atoms with Crippen molar-refractivity contribution in [1.29, 1.82) is 0 Å². The Bertz CT molecular complexity index is 638. The van der Waals surface area contributed by atoms with Gasteiger partial charge in [-0.3, -0.25) is 9.59 Å². The number of carbonyl (C=O) groups is 2. The molecule has 1 aliphatic heterocycles. The number of anilines is 2. The molecule has 0 radical (unpaired) electrons. The Hall–Kier alpha value is -1.69. The summed E-state index contributed by atoms with van der Waals surface area (Å²) in [6, 6.07) is 8.48. The van der Waals surface area contributed by atoms with Crippen LogP contribution in [0.5, 0.6) is 0 Å². The SMILES string of the molecule is CN(C(=O)CSCC(=O)Nc1ccc(N2CCCCC2)cc1)C1CCCCC1. The Morgan fingerprint density at radius 2 is 1.64 bits per heavy atom. The number of carbonyl (C=O) groups excluding carboxylic acids is 2. The van der Waals surface area contributed by atoms with Gasteiger partial charge in [-0.1, -0.05) is 19.3 Å². The zero-order valence-corrected chi connectivity index (χ0v) is 17.8. The van der Waals surface area contributed by atoms with Crippen LogP contribution in [0, 0.1) is 0 Å². The summed E-state index contributed by atoms with van der Waals surface area (Å²) in [7, 11) is 1.91. The van der Waals surface area contributed by atoms with Gasteiger partial charge in [-0.2, -0.15) is 0 Å². The number of thioether (sulfide) groups is 1. The van der Waals surface area contributed by atoms with Gasteiger partial charge in [0.15, 0.2) is 0 Å². The molecule has 0 aromatic heterocycles. The Balaban J connectivity index is 1.37. The fourth-order valence-electron chi connectivity index (χ4n) is 4.11. The molecule has 0 bridgehead atoms. The summed E-state index contributed by atoms with van der Waals surface area (Å²) in [5, 5.41) is 2.94. The highest BCUT2D eigenvalue weighted by molar-refractivity contribution is 8.00. The fraction of sp³-hybridized carbons (Fsp3) is 0.636. The lowest BCUT2D eigenvalue weighted by Gasteiger charge is -2.31. The van der Waals surface area contributed by atoms with E-state index in [0.29, 0.717) is 17.5 Å². The highest BCUT2D eigenvalue weighted by atomic mass is 32.2. The van der Waals surface area contributed by atoms with Crippen molar-refractivity contribution < 1.29 is 9.59 Å². The topological polar surface area (TPSA) is 52.7 Å². The van der Waals surface area contributed by atoms with Crippen LogP contribution in [0.2, 0.25) is 0 Å². The van der Waals surface area contributed by atoms with Gasteiger partial charge in [-0.05, 0) is 56.4 Å². The lowest BCUT2D eigenvalue weighted by atomic mass is 9.94. The summed E-state index contributed by atoms with van der Waals surface area (Å²) in [6.45, 7) is 2.23. The van der Waals surface area contributed by atoms with Crippen molar-refractivity contribution in [2.75, 3.05) is 41.9 Å². The number of amides is 2. The third-order valence-electron chi connectivity index (χ3n) is 5.85.